The molecule has 1 aromatic rings. The molecular weight excluding hydrogens is 152 g/mol. The van der Waals surface area contributed by atoms with E-state index in [1.807, 2.05) is 6.07 Å². The lowest BCUT2D eigenvalue weighted by molar-refractivity contribution is 0.413. The van der Waals surface area contributed by atoms with Crippen molar-refractivity contribution < 1.29 is 4.74 Å². The van der Waals surface area contributed by atoms with Gasteiger partial charge in [0.15, 0.2) is 0 Å². The Morgan fingerprint density at radius 3 is 3.17 bits per heavy atom. The first kappa shape index (κ1) is 8.54. The summed E-state index contributed by atoms with van der Waals surface area (Å²) in [5.41, 5.74) is 0.908. The fourth-order valence-corrected chi connectivity index (χ4v) is 0.890. The molecule has 0 aromatic carbocycles. The second-order valence-corrected chi connectivity index (χ2v) is 2.32. The molecule has 62 valence electrons. The summed E-state index contributed by atoms with van der Waals surface area (Å²) in [6, 6.07) is 3.65. The van der Waals surface area contributed by atoms with Gasteiger partial charge in [0.05, 0.1) is 19.2 Å². The highest BCUT2D eigenvalue weighted by molar-refractivity contribution is 5.22. The third kappa shape index (κ3) is 2.24. The van der Waals surface area contributed by atoms with Gasteiger partial charge in [0.1, 0.15) is 5.75 Å². The van der Waals surface area contributed by atoms with Gasteiger partial charge in [0, 0.05) is 12.3 Å². The number of aromatic nitrogens is 1. The molecular formula is C9H10N2O. The van der Waals surface area contributed by atoms with Gasteiger partial charge in [-0.2, -0.15) is 0 Å². The van der Waals surface area contributed by atoms with Gasteiger partial charge >= 0.3 is 0 Å². The summed E-state index contributed by atoms with van der Waals surface area (Å²) in [6.07, 6.45) is 2.39. The standard InChI is InChI=1S/C9H10N2O/c1-10-5-3-8-7-9(12-2)4-6-11-8/h4,6-7H,3,5H2,2H3. The molecule has 0 N–H and O–H groups in total. The van der Waals surface area contributed by atoms with Crippen LogP contribution in [0, 0.1) is 6.57 Å². The summed E-state index contributed by atoms with van der Waals surface area (Å²) in [5, 5.41) is 0. The predicted molar refractivity (Wildman–Crippen MR) is 46.0 cm³/mol. The Hall–Kier alpha value is -1.56. The summed E-state index contributed by atoms with van der Waals surface area (Å²) in [6.45, 7) is 7.10. The van der Waals surface area contributed by atoms with Gasteiger partial charge in [-0.3, -0.25) is 4.98 Å². The molecule has 0 atom stereocenters. The predicted octanol–water partition coefficient (Wildman–Crippen LogP) is 1.55. The second kappa shape index (κ2) is 4.35. The highest BCUT2D eigenvalue weighted by atomic mass is 16.5. The molecule has 0 unspecified atom stereocenters. The van der Waals surface area contributed by atoms with Gasteiger partial charge in [0.25, 0.3) is 0 Å². The van der Waals surface area contributed by atoms with Crippen LogP contribution in [0.3, 0.4) is 0 Å². The van der Waals surface area contributed by atoms with Crippen LogP contribution in [0.25, 0.3) is 4.85 Å². The third-order valence-electron chi connectivity index (χ3n) is 1.50. The van der Waals surface area contributed by atoms with Crippen molar-refractivity contribution in [3.05, 3.63) is 35.4 Å². The molecule has 3 nitrogen and oxygen atoms in total. The molecule has 0 bridgehead atoms. The zero-order chi connectivity index (χ0) is 8.81. The van der Waals surface area contributed by atoms with Crippen molar-refractivity contribution in [2.75, 3.05) is 13.7 Å². The molecule has 0 saturated carbocycles. The largest absolute Gasteiger partial charge is 0.497 e. The first-order valence-electron chi connectivity index (χ1n) is 3.69. The van der Waals surface area contributed by atoms with Gasteiger partial charge < -0.3 is 9.58 Å². The highest BCUT2D eigenvalue weighted by Crippen LogP contribution is 2.09. The molecule has 0 aliphatic rings. The van der Waals surface area contributed by atoms with E-state index < -0.39 is 0 Å². The van der Waals surface area contributed by atoms with E-state index in [-0.39, 0.29) is 0 Å². The Morgan fingerprint density at radius 1 is 1.67 bits per heavy atom. The van der Waals surface area contributed by atoms with E-state index in [0.29, 0.717) is 13.0 Å². The van der Waals surface area contributed by atoms with Gasteiger partial charge in [0.2, 0.25) is 6.54 Å². The van der Waals surface area contributed by atoms with Gasteiger partial charge in [-0.25, -0.2) is 6.57 Å². The quantitative estimate of drug-likeness (QED) is 0.630. The van der Waals surface area contributed by atoms with Crippen LogP contribution in [-0.4, -0.2) is 18.6 Å². The summed E-state index contributed by atoms with van der Waals surface area (Å²) < 4.78 is 5.02. The molecule has 12 heavy (non-hydrogen) atoms. The number of rotatable bonds is 3. The Labute approximate surface area is 71.8 Å². The smallest absolute Gasteiger partial charge is 0.220 e. The van der Waals surface area contributed by atoms with Crippen molar-refractivity contribution >= 4 is 0 Å². The summed E-state index contributed by atoms with van der Waals surface area (Å²) in [4.78, 5) is 7.36. The maximum absolute atomic E-state index is 6.62. The van der Waals surface area contributed by atoms with E-state index in [1.165, 1.54) is 0 Å². The second-order valence-electron chi connectivity index (χ2n) is 2.32. The van der Waals surface area contributed by atoms with E-state index in [2.05, 4.69) is 9.83 Å². The summed E-state index contributed by atoms with van der Waals surface area (Å²) in [5.74, 6) is 0.796. The average molecular weight is 162 g/mol. The molecule has 3 heteroatoms. The lowest BCUT2D eigenvalue weighted by Gasteiger charge is -1.99. The molecule has 0 saturated heterocycles. The maximum atomic E-state index is 6.62. The Morgan fingerprint density at radius 2 is 2.50 bits per heavy atom. The number of ether oxygens (including phenoxy) is 1. The molecule has 0 amide bonds. The maximum Gasteiger partial charge on any atom is 0.220 e. The minimum Gasteiger partial charge on any atom is -0.497 e. The van der Waals surface area contributed by atoms with Crippen LogP contribution in [0.4, 0.5) is 0 Å². The Bertz CT molecular complexity index is 291. The van der Waals surface area contributed by atoms with Crippen LogP contribution in [0.5, 0.6) is 5.75 Å². The zero-order valence-corrected chi connectivity index (χ0v) is 6.95. The van der Waals surface area contributed by atoms with Crippen molar-refractivity contribution in [3.8, 4) is 5.75 Å². The number of pyridine rings is 1. The number of hydrogen-bond donors (Lipinski definition) is 0. The van der Waals surface area contributed by atoms with Crippen LogP contribution in [-0.2, 0) is 6.42 Å². The van der Waals surface area contributed by atoms with Crippen LogP contribution >= 0.6 is 0 Å². The first-order valence-corrected chi connectivity index (χ1v) is 3.69. The molecule has 0 aliphatic heterocycles. The number of nitrogens with zero attached hydrogens (tertiary/aromatic N) is 2. The third-order valence-corrected chi connectivity index (χ3v) is 1.50. The van der Waals surface area contributed by atoms with Gasteiger partial charge in [-0.15, -0.1) is 0 Å². The number of hydrogen-bond acceptors (Lipinski definition) is 2. The fraction of sp³-hybridized carbons (Fsp3) is 0.333. The minimum atomic E-state index is 0.486. The van der Waals surface area contributed by atoms with Crippen molar-refractivity contribution in [1.29, 1.82) is 0 Å². The lowest BCUT2D eigenvalue weighted by Crippen LogP contribution is -1.93. The summed E-state index contributed by atoms with van der Waals surface area (Å²) >= 11 is 0. The van der Waals surface area contributed by atoms with Crippen molar-refractivity contribution in [3.63, 3.8) is 0 Å². The van der Waals surface area contributed by atoms with Crippen LogP contribution < -0.4 is 4.74 Å². The van der Waals surface area contributed by atoms with E-state index >= 15 is 0 Å². The van der Waals surface area contributed by atoms with Crippen molar-refractivity contribution in [2.45, 2.75) is 6.42 Å². The summed E-state index contributed by atoms with van der Waals surface area (Å²) in [7, 11) is 1.62. The number of methoxy groups -OCH3 is 1. The van der Waals surface area contributed by atoms with E-state index in [4.69, 9.17) is 11.3 Å². The minimum absolute atomic E-state index is 0.486. The molecule has 0 fully saturated rings. The highest BCUT2D eigenvalue weighted by Gasteiger charge is 1.97. The van der Waals surface area contributed by atoms with Crippen LogP contribution in [0.2, 0.25) is 0 Å². The van der Waals surface area contributed by atoms with Gasteiger partial charge in [-0.1, -0.05) is 0 Å². The molecule has 0 spiro atoms. The van der Waals surface area contributed by atoms with E-state index in [0.717, 1.165) is 11.4 Å². The fourth-order valence-electron chi connectivity index (χ4n) is 0.890. The van der Waals surface area contributed by atoms with E-state index in [9.17, 15) is 0 Å². The SMILES string of the molecule is [C-]#[N+]CCc1cc(OC)ccn1. The Kier molecular flexibility index (Phi) is 3.09. The molecule has 1 heterocycles. The molecule has 1 rings (SSSR count). The topological polar surface area (TPSA) is 26.5 Å². The molecule has 1 aromatic heterocycles. The van der Waals surface area contributed by atoms with Crippen molar-refractivity contribution in [1.82, 2.24) is 4.98 Å². The van der Waals surface area contributed by atoms with Crippen LogP contribution in [0.15, 0.2) is 18.3 Å². The average Bonchev–Trinajstić information content (AvgIpc) is 2.15. The van der Waals surface area contributed by atoms with Crippen LogP contribution in [0.1, 0.15) is 5.69 Å². The Balaban J connectivity index is 2.67. The molecule has 0 radical (unpaired) electrons. The normalized spacial score (nSPS) is 9.00. The zero-order valence-electron chi connectivity index (χ0n) is 6.95. The monoisotopic (exact) mass is 162 g/mol. The molecule has 0 aliphatic carbocycles. The van der Waals surface area contributed by atoms with Crippen molar-refractivity contribution in [2.24, 2.45) is 0 Å². The lowest BCUT2D eigenvalue weighted by atomic mass is 10.2. The first-order chi connectivity index (χ1) is 5.86. The van der Waals surface area contributed by atoms with E-state index in [1.54, 1.807) is 19.4 Å². The van der Waals surface area contributed by atoms with Gasteiger partial charge in [-0.05, 0) is 6.07 Å².